The van der Waals surface area contributed by atoms with Gasteiger partial charge in [0.25, 0.3) is 0 Å². The van der Waals surface area contributed by atoms with Gasteiger partial charge in [-0.15, -0.1) is 0 Å². The van der Waals surface area contributed by atoms with E-state index in [1.807, 2.05) is 0 Å². The molecule has 0 saturated heterocycles. The molecule has 0 aromatic heterocycles. The van der Waals surface area contributed by atoms with Gasteiger partial charge in [0.2, 0.25) is 5.78 Å². The molecule has 2 aromatic carbocycles. The molecule has 0 heterocycles. The van der Waals surface area contributed by atoms with Crippen LogP contribution in [0.15, 0.2) is 40.9 Å². The molecule has 0 radical (unpaired) electrons. The zero-order valence-electron chi connectivity index (χ0n) is 10.6. The van der Waals surface area contributed by atoms with Gasteiger partial charge in [-0.3, -0.25) is 4.79 Å². The first-order valence-corrected chi connectivity index (χ1v) is 6.75. The normalized spacial score (nSPS) is 10.4. The van der Waals surface area contributed by atoms with Crippen LogP contribution in [0.5, 0.6) is 5.75 Å². The number of carbonyl (C=O) groups excluding carboxylic acids is 1. The molecule has 0 aliphatic rings. The average Bonchev–Trinajstić information content (AvgIpc) is 2.38. The molecule has 5 heteroatoms. The van der Waals surface area contributed by atoms with Crippen molar-refractivity contribution in [3.05, 3.63) is 63.6 Å². The van der Waals surface area contributed by atoms with Crippen LogP contribution >= 0.6 is 15.9 Å². The molecule has 2 rings (SSSR count). The SMILES string of the molecule is CCOc1ccccc1C(=O)c1c(F)cc(Br)cc1F. The molecule has 0 N–H and O–H groups in total. The Morgan fingerprint density at radius 1 is 1.20 bits per heavy atom. The van der Waals surface area contributed by atoms with Gasteiger partial charge >= 0.3 is 0 Å². The smallest absolute Gasteiger partial charge is 0.202 e. The molecule has 0 bridgehead atoms. The van der Waals surface area contributed by atoms with Crippen LogP contribution in [0.4, 0.5) is 8.78 Å². The predicted octanol–water partition coefficient (Wildman–Crippen LogP) is 4.36. The van der Waals surface area contributed by atoms with Gasteiger partial charge in [-0.2, -0.15) is 0 Å². The van der Waals surface area contributed by atoms with Crippen molar-refractivity contribution in [2.24, 2.45) is 0 Å². The van der Waals surface area contributed by atoms with Gasteiger partial charge in [-0.05, 0) is 31.2 Å². The maximum atomic E-state index is 13.8. The highest BCUT2D eigenvalue weighted by Crippen LogP contribution is 2.26. The molecule has 0 saturated carbocycles. The van der Waals surface area contributed by atoms with Crippen molar-refractivity contribution < 1.29 is 18.3 Å². The molecule has 104 valence electrons. The number of halogens is 3. The van der Waals surface area contributed by atoms with Gasteiger partial charge in [-0.1, -0.05) is 28.1 Å². The second-order valence-electron chi connectivity index (χ2n) is 4.00. The van der Waals surface area contributed by atoms with Crippen molar-refractivity contribution in [1.82, 2.24) is 0 Å². The van der Waals surface area contributed by atoms with E-state index >= 15 is 0 Å². The first-order chi connectivity index (χ1) is 9.54. The van der Waals surface area contributed by atoms with Gasteiger partial charge in [0.05, 0.1) is 17.7 Å². The minimum absolute atomic E-state index is 0.134. The summed E-state index contributed by atoms with van der Waals surface area (Å²) in [5, 5.41) is 0. The monoisotopic (exact) mass is 340 g/mol. The maximum Gasteiger partial charge on any atom is 0.202 e. The quantitative estimate of drug-likeness (QED) is 0.773. The van der Waals surface area contributed by atoms with E-state index in [1.165, 1.54) is 6.07 Å². The standard InChI is InChI=1S/C15H11BrF2O2/c1-2-20-13-6-4-3-5-10(13)15(19)14-11(17)7-9(16)8-12(14)18/h3-8H,2H2,1H3. The summed E-state index contributed by atoms with van der Waals surface area (Å²) in [5.41, 5.74) is -0.449. The number of para-hydroxylation sites is 1. The summed E-state index contributed by atoms with van der Waals surface area (Å²) in [5.74, 6) is -2.25. The van der Waals surface area contributed by atoms with Crippen molar-refractivity contribution in [1.29, 1.82) is 0 Å². The summed E-state index contributed by atoms with van der Waals surface area (Å²) in [6.45, 7) is 2.12. The number of ether oxygens (including phenoxy) is 1. The lowest BCUT2D eigenvalue weighted by atomic mass is 10.0. The lowest BCUT2D eigenvalue weighted by molar-refractivity contribution is 0.102. The van der Waals surface area contributed by atoms with E-state index in [1.54, 1.807) is 25.1 Å². The summed E-state index contributed by atoms with van der Waals surface area (Å²) in [4.78, 5) is 12.3. The number of benzene rings is 2. The summed E-state index contributed by atoms with van der Waals surface area (Å²) in [6, 6.07) is 8.49. The fourth-order valence-corrected chi connectivity index (χ4v) is 2.23. The van der Waals surface area contributed by atoms with Crippen LogP contribution in [0.3, 0.4) is 0 Å². The van der Waals surface area contributed by atoms with Crippen LogP contribution < -0.4 is 4.74 Å². The van der Waals surface area contributed by atoms with E-state index in [0.29, 0.717) is 12.4 Å². The van der Waals surface area contributed by atoms with Crippen molar-refractivity contribution >= 4 is 21.7 Å². The van der Waals surface area contributed by atoms with Gasteiger partial charge < -0.3 is 4.74 Å². The van der Waals surface area contributed by atoms with Gasteiger partial charge in [0.15, 0.2) is 0 Å². The van der Waals surface area contributed by atoms with E-state index in [-0.39, 0.29) is 10.0 Å². The molecular weight excluding hydrogens is 330 g/mol. The Morgan fingerprint density at radius 3 is 2.40 bits per heavy atom. The Bertz CT molecular complexity index is 633. The molecule has 0 atom stereocenters. The van der Waals surface area contributed by atoms with Crippen molar-refractivity contribution in [2.45, 2.75) is 6.92 Å². The van der Waals surface area contributed by atoms with Crippen LogP contribution in [0.1, 0.15) is 22.8 Å². The number of hydrogen-bond acceptors (Lipinski definition) is 2. The fraction of sp³-hybridized carbons (Fsp3) is 0.133. The Kier molecular flexibility index (Phi) is 4.49. The molecule has 0 amide bonds. The summed E-state index contributed by atoms with van der Waals surface area (Å²) in [7, 11) is 0. The Hall–Kier alpha value is -1.75. The molecule has 0 aliphatic carbocycles. The van der Waals surface area contributed by atoms with Gasteiger partial charge in [0, 0.05) is 4.47 Å². The molecule has 2 aromatic rings. The summed E-state index contributed by atoms with van der Waals surface area (Å²) < 4.78 is 33.2. The average molecular weight is 341 g/mol. The first kappa shape index (κ1) is 14.7. The number of carbonyl (C=O) groups is 1. The lowest BCUT2D eigenvalue weighted by Gasteiger charge is -2.10. The molecule has 0 spiro atoms. The first-order valence-electron chi connectivity index (χ1n) is 5.95. The minimum atomic E-state index is -0.909. The van der Waals surface area contributed by atoms with Crippen LogP contribution in [0.25, 0.3) is 0 Å². The predicted molar refractivity (Wildman–Crippen MR) is 75.1 cm³/mol. The second-order valence-corrected chi connectivity index (χ2v) is 4.92. The van der Waals surface area contributed by atoms with Crippen LogP contribution in [-0.2, 0) is 0 Å². The van der Waals surface area contributed by atoms with E-state index in [2.05, 4.69) is 15.9 Å². The van der Waals surface area contributed by atoms with Crippen LogP contribution in [0.2, 0.25) is 0 Å². The molecule has 0 fully saturated rings. The van der Waals surface area contributed by atoms with E-state index < -0.39 is 23.0 Å². The number of hydrogen-bond donors (Lipinski definition) is 0. The van der Waals surface area contributed by atoms with Crippen molar-refractivity contribution in [3.63, 3.8) is 0 Å². The Balaban J connectivity index is 2.52. The number of ketones is 1. The minimum Gasteiger partial charge on any atom is -0.493 e. The zero-order valence-corrected chi connectivity index (χ0v) is 12.2. The topological polar surface area (TPSA) is 26.3 Å². The Morgan fingerprint density at radius 2 is 1.80 bits per heavy atom. The second kappa shape index (κ2) is 6.13. The Labute approximate surface area is 123 Å². The van der Waals surface area contributed by atoms with E-state index in [9.17, 15) is 13.6 Å². The van der Waals surface area contributed by atoms with Crippen LogP contribution in [0, 0.1) is 11.6 Å². The fourth-order valence-electron chi connectivity index (χ4n) is 1.83. The molecule has 20 heavy (non-hydrogen) atoms. The molecular formula is C15H11BrF2O2. The third-order valence-electron chi connectivity index (χ3n) is 2.67. The van der Waals surface area contributed by atoms with Gasteiger partial charge in [0.1, 0.15) is 17.4 Å². The van der Waals surface area contributed by atoms with Gasteiger partial charge in [-0.25, -0.2) is 8.78 Å². The van der Waals surface area contributed by atoms with Crippen molar-refractivity contribution in [2.75, 3.05) is 6.61 Å². The number of rotatable bonds is 4. The highest BCUT2D eigenvalue weighted by atomic mass is 79.9. The maximum absolute atomic E-state index is 13.8. The van der Waals surface area contributed by atoms with Crippen molar-refractivity contribution in [3.8, 4) is 5.75 Å². The third kappa shape index (κ3) is 2.88. The zero-order chi connectivity index (χ0) is 14.7. The van der Waals surface area contributed by atoms with Crippen LogP contribution in [-0.4, -0.2) is 12.4 Å². The summed E-state index contributed by atoms with van der Waals surface area (Å²) >= 11 is 2.98. The largest absolute Gasteiger partial charge is 0.493 e. The molecule has 2 nitrogen and oxygen atoms in total. The molecule has 0 unspecified atom stereocenters. The highest BCUT2D eigenvalue weighted by Gasteiger charge is 2.22. The third-order valence-corrected chi connectivity index (χ3v) is 3.12. The lowest BCUT2D eigenvalue weighted by Crippen LogP contribution is -2.10. The van der Waals surface area contributed by atoms with E-state index in [0.717, 1.165) is 12.1 Å². The van der Waals surface area contributed by atoms with E-state index in [4.69, 9.17) is 4.74 Å². The highest BCUT2D eigenvalue weighted by molar-refractivity contribution is 9.10. The summed E-state index contributed by atoms with van der Waals surface area (Å²) in [6.07, 6.45) is 0. The molecule has 0 aliphatic heterocycles.